The minimum absolute atomic E-state index is 0.530. The van der Waals surface area contributed by atoms with E-state index in [0.717, 1.165) is 11.1 Å². The maximum atomic E-state index is 10.3. The van der Waals surface area contributed by atoms with Crippen LogP contribution in [0.5, 0.6) is 11.5 Å². The molecule has 0 amide bonds. The Hall–Kier alpha value is -2.04. The molecule has 4 nitrogen and oxygen atoms in total. The van der Waals surface area contributed by atoms with Crippen LogP contribution in [0.1, 0.15) is 23.3 Å². The Morgan fingerprint density at radius 3 is 2.15 bits per heavy atom. The minimum Gasteiger partial charge on any atom is -0.493 e. The molecule has 0 aliphatic carbocycles. The van der Waals surface area contributed by atoms with Crippen LogP contribution in [0.25, 0.3) is 0 Å². The summed E-state index contributed by atoms with van der Waals surface area (Å²) in [4.78, 5) is 0. The second-order valence-corrected chi connectivity index (χ2v) is 4.50. The van der Waals surface area contributed by atoms with Crippen molar-refractivity contribution in [1.29, 1.82) is 0 Å². The van der Waals surface area contributed by atoms with E-state index in [2.05, 4.69) is 0 Å². The van der Waals surface area contributed by atoms with Crippen LogP contribution in [0.15, 0.2) is 48.5 Å². The number of rotatable bonds is 5. The van der Waals surface area contributed by atoms with Crippen LogP contribution in [-0.2, 0) is 0 Å². The van der Waals surface area contributed by atoms with Gasteiger partial charge < -0.3 is 20.3 Å². The zero-order valence-electron chi connectivity index (χ0n) is 11.6. The molecule has 0 heterocycles. The van der Waals surface area contributed by atoms with Gasteiger partial charge in [-0.1, -0.05) is 36.4 Å². The third-order valence-corrected chi connectivity index (χ3v) is 3.27. The van der Waals surface area contributed by atoms with Crippen molar-refractivity contribution in [3.05, 3.63) is 59.7 Å². The van der Waals surface area contributed by atoms with E-state index in [0.29, 0.717) is 11.5 Å². The van der Waals surface area contributed by atoms with E-state index in [4.69, 9.17) is 15.2 Å². The first-order valence-corrected chi connectivity index (χ1v) is 6.38. The molecule has 2 atom stereocenters. The number of benzene rings is 2. The zero-order valence-corrected chi connectivity index (χ0v) is 11.6. The van der Waals surface area contributed by atoms with Crippen LogP contribution in [0.2, 0.25) is 0 Å². The quantitative estimate of drug-likeness (QED) is 0.878. The monoisotopic (exact) mass is 273 g/mol. The minimum atomic E-state index is -0.769. The molecule has 0 saturated carbocycles. The summed E-state index contributed by atoms with van der Waals surface area (Å²) in [5.74, 6) is 1.23. The number of hydrogen-bond acceptors (Lipinski definition) is 4. The fraction of sp³-hybridized carbons (Fsp3) is 0.250. The lowest BCUT2D eigenvalue weighted by atomic mass is 9.96. The van der Waals surface area contributed by atoms with Gasteiger partial charge in [-0.05, 0) is 23.3 Å². The molecule has 2 aromatic rings. The first-order chi connectivity index (χ1) is 9.67. The van der Waals surface area contributed by atoms with Crippen LogP contribution in [0, 0.1) is 0 Å². The van der Waals surface area contributed by atoms with Gasteiger partial charge >= 0.3 is 0 Å². The van der Waals surface area contributed by atoms with Gasteiger partial charge in [0.2, 0.25) is 0 Å². The van der Waals surface area contributed by atoms with Gasteiger partial charge in [0.15, 0.2) is 11.5 Å². The molecule has 0 aliphatic heterocycles. The highest BCUT2D eigenvalue weighted by Crippen LogP contribution is 2.33. The predicted molar refractivity (Wildman–Crippen MR) is 77.9 cm³/mol. The number of hydrogen-bond donors (Lipinski definition) is 2. The number of aliphatic hydroxyl groups is 1. The maximum Gasteiger partial charge on any atom is 0.161 e. The average molecular weight is 273 g/mol. The lowest BCUT2D eigenvalue weighted by molar-refractivity contribution is 0.147. The van der Waals surface area contributed by atoms with Crippen molar-refractivity contribution in [2.24, 2.45) is 5.73 Å². The highest BCUT2D eigenvalue weighted by atomic mass is 16.5. The molecule has 0 aliphatic rings. The van der Waals surface area contributed by atoms with E-state index in [9.17, 15) is 5.11 Å². The molecule has 2 aromatic carbocycles. The Bertz CT molecular complexity index is 557. The van der Waals surface area contributed by atoms with Gasteiger partial charge in [0, 0.05) is 0 Å². The largest absolute Gasteiger partial charge is 0.493 e. The van der Waals surface area contributed by atoms with Gasteiger partial charge in [-0.15, -0.1) is 0 Å². The standard InChI is InChI=1S/C16H19NO3/c1-19-13-9-8-12(10-14(13)20-2)15(17)16(18)11-6-4-3-5-7-11/h3-10,15-16,18H,17H2,1-2H3/t15-,16+/m0/s1. The molecule has 0 fully saturated rings. The van der Waals surface area contributed by atoms with Crippen LogP contribution in [0.3, 0.4) is 0 Å². The fourth-order valence-corrected chi connectivity index (χ4v) is 2.10. The molecule has 3 N–H and O–H groups in total. The first kappa shape index (κ1) is 14.4. The van der Waals surface area contributed by atoms with Crippen LogP contribution < -0.4 is 15.2 Å². The number of methoxy groups -OCH3 is 2. The summed E-state index contributed by atoms with van der Waals surface area (Å²) in [6, 6.07) is 14.2. The molecule has 2 rings (SSSR count). The highest BCUT2D eigenvalue weighted by Gasteiger charge is 2.20. The third-order valence-electron chi connectivity index (χ3n) is 3.27. The van der Waals surface area contributed by atoms with Crippen molar-refractivity contribution >= 4 is 0 Å². The summed E-state index contributed by atoms with van der Waals surface area (Å²) >= 11 is 0. The maximum absolute atomic E-state index is 10.3. The summed E-state index contributed by atoms with van der Waals surface area (Å²) in [5, 5.41) is 10.3. The summed E-state index contributed by atoms with van der Waals surface area (Å²) < 4.78 is 10.4. The molecule has 4 heteroatoms. The van der Waals surface area contributed by atoms with Crippen molar-refractivity contribution < 1.29 is 14.6 Å². The normalized spacial score (nSPS) is 13.6. The van der Waals surface area contributed by atoms with Crippen molar-refractivity contribution in [2.45, 2.75) is 12.1 Å². The Morgan fingerprint density at radius 1 is 0.900 bits per heavy atom. The molecule has 0 bridgehead atoms. The van der Waals surface area contributed by atoms with E-state index in [1.165, 1.54) is 0 Å². The Morgan fingerprint density at radius 2 is 1.55 bits per heavy atom. The van der Waals surface area contributed by atoms with Gasteiger partial charge in [0.05, 0.1) is 26.4 Å². The molecule has 0 spiro atoms. The molecule has 0 radical (unpaired) electrons. The van der Waals surface area contributed by atoms with Crippen molar-refractivity contribution in [1.82, 2.24) is 0 Å². The van der Waals surface area contributed by atoms with Gasteiger partial charge in [0.25, 0.3) is 0 Å². The molecule has 0 saturated heterocycles. The van der Waals surface area contributed by atoms with E-state index in [1.54, 1.807) is 26.4 Å². The van der Waals surface area contributed by atoms with Gasteiger partial charge in [0.1, 0.15) is 0 Å². The van der Waals surface area contributed by atoms with E-state index >= 15 is 0 Å². The Balaban J connectivity index is 2.27. The van der Waals surface area contributed by atoms with E-state index in [-0.39, 0.29) is 0 Å². The second kappa shape index (κ2) is 6.41. The molecule has 0 unspecified atom stereocenters. The summed E-state index contributed by atoms with van der Waals surface area (Å²) in [6.45, 7) is 0. The van der Waals surface area contributed by atoms with Gasteiger partial charge in [-0.2, -0.15) is 0 Å². The van der Waals surface area contributed by atoms with Gasteiger partial charge in [-0.3, -0.25) is 0 Å². The number of ether oxygens (including phenoxy) is 2. The number of nitrogens with two attached hydrogens (primary N) is 1. The Kier molecular flexibility index (Phi) is 4.61. The lowest BCUT2D eigenvalue weighted by Gasteiger charge is -2.20. The third kappa shape index (κ3) is 2.92. The SMILES string of the molecule is COc1ccc([C@H](N)[C@H](O)c2ccccc2)cc1OC. The summed E-state index contributed by atoms with van der Waals surface area (Å²) in [6.07, 6.45) is -0.769. The zero-order chi connectivity index (χ0) is 14.5. The molecule has 0 aromatic heterocycles. The van der Waals surface area contributed by atoms with Crippen LogP contribution in [-0.4, -0.2) is 19.3 Å². The first-order valence-electron chi connectivity index (χ1n) is 6.38. The summed E-state index contributed by atoms with van der Waals surface area (Å²) in [7, 11) is 3.15. The van der Waals surface area contributed by atoms with Crippen LogP contribution in [0.4, 0.5) is 0 Å². The molecule has 20 heavy (non-hydrogen) atoms. The fourth-order valence-electron chi connectivity index (χ4n) is 2.10. The van der Waals surface area contributed by atoms with Crippen LogP contribution >= 0.6 is 0 Å². The van der Waals surface area contributed by atoms with E-state index < -0.39 is 12.1 Å². The van der Waals surface area contributed by atoms with Crippen molar-refractivity contribution in [3.8, 4) is 11.5 Å². The predicted octanol–water partition coefficient (Wildman–Crippen LogP) is 2.44. The molecule has 106 valence electrons. The topological polar surface area (TPSA) is 64.7 Å². The molecular weight excluding hydrogens is 254 g/mol. The summed E-state index contributed by atoms with van der Waals surface area (Å²) in [5.41, 5.74) is 7.72. The van der Waals surface area contributed by atoms with Gasteiger partial charge in [-0.25, -0.2) is 0 Å². The Labute approximate surface area is 118 Å². The average Bonchev–Trinajstić information content (AvgIpc) is 2.53. The number of aliphatic hydroxyl groups excluding tert-OH is 1. The lowest BCUT2D eigenvalue weighted by Crippen LogP contribution is -2.19. The second-order valence-electron chi connectivity index (χ2n) is 4.50. The van der Waals surface area contributed by atoms with Crippen molar-refractivity contribution in [3.63, 3.8) is 0 Å². The van der Waals surface area contributed by atoms with Crippen molar-refractivity contribution in [2.75, 3.05) is 14.2 Å². The molecular formula is C16H19NO3. The smallest absolute Gasteiger partial charge is 0.161 e. The van der Waals surface area contributed by atoms with E-state index in [1.807, 2.05) is 36.4 Å². The highest BCUT2D eigenvalue weighted by molar-refractivity contribution is 5.44.